The second kappa shape index (κ2) is 6.26. The molecule has 1 aliphatic heterocycles. The summed E-state index contributed by atoms with van der Waals surface area (Å²) in [7, 11) is 2.07. The van der Waals surface area contributed by atoms with Gasteiger partial charge in [0.1, 0.15) is 0 Å². The molecule has 0 atom stereocenters. The van der Waals surface area contributed by atoms with Crippen LogP contribution >= 0.6 is 11.3 Å². The Hall–Kier alpha value is -2.38. The van der Waals surface area contributed by atoms with Crippen LogP contribution in [0.5, 0.6) is 0 Å². The highest BCUT2D eigenvalue weighted by Gasteiger charge is 2.20. The van der Waals surface area contributed by atoms with Gasteiger partial charge in [-0.3, -0.25) is 10.4 Å². The molecule has 24 heavy (non-hydrogen) atoms. The van der Waals surface area contributed by atoms with Crippen molar-refractivity contribution in [3.05, 3.63) is 35.0 Å². The lowest BCUT2D eigenvalue weighted by Gasteiger charge is -2.32. The van der Waals surface area contributed by atoms with Crippen molar-refractivity contribution >= 4 is 34.1 Å². The van der Waals surface area contributed by atoms with Gasteiger partial charge in [-0.05, 0) is 47.1 Å². The summed E-state index contributed by atoms with van der Waals surface area (Å²) in [6, 6.07) is 8.14. The molecule has 0 aliphatic carbocycles. The van der Waals surface area contributed by atoms with Crippen molar-refractivity contribution < 1.29 is 4.79 Å². The van der Waals surface area contributed by atoms with Crippen molar-refractivity contribution in [3.63, 3.8) is 0 Å². The van der Waals surface area contributed by atoms with E-state index in [9.17, 15) is 4.79 Å². The number of anilines is 1. The van der Waals surface area contributed by atoms with Gasteiger partial charge in [0.05, 0.1) is 5.52 Å². The quantitative estimate of drug-likeness (QED) is 0.753. The zero-order valence-electron chi connectivity index (χ0n) is 13.5. The van der Waals surface area contributed by atoms with Crippen molar-refractivity contribution in [1.29, 1.82) is 0 Å². The summed E-state index contributed by atoms with van der Waals surface area (Å²) in [6.45, 7) is 3.29. The molecule has 2 aromatic heterocycles. The summed E-state index contributed by atoms with van der Waals surface area (Å²) in [4.78, 5) is 16.5. The van der Waals surface area contributed by atoms with Gasteiger partial charge in [0.25, 0.3) is 0 Å². The van der Waals surface area contributed by atoms with Crippen molar-refractivity contribution in [2.24, 2.45) is 0 Å². The van der Waals surface area contributed by atoms with Gasteiger partial charge in [-0.25, -0.2) is 4.79 Å². The Bertz CT molecular complexity index is 849. The molecule has 1 aliphatic rings. The minimum absolute atomic E-state index is 0.0848. The summed E-state index contributed by atoms with van der Waals surface area (Å²) in [5.74, 6) is 0.589. The van der Waals surface area contributed by atoms with Crippen LogP contribution < -0.4 is 5.32 Å². The van der Waals surface area contributed by atoms with E-state index in [0.29, 0.717) is 5.82 Å². The Kier molecular flexibility index (Phi) is 3.95. The maximum Gasteiger partial charge on any atom is 0.323 e. The average molecular weight is 341 g/mol. The zero-order chi connectivity index (χ0) is 16.5. The second-order valence-corrected chi connectivity index (χ2v) is 6.85. The number of aromatic amines is 1. The van der Waals surface area contributed by atoms with E-state index in [2.05, 4.69) is 56.4 Å². The van der Waals surface area contributed by atoms with Crippen LogP contribution in [0.3, 0.4) is 0 Å². The standard InChI is InChI=1S/C17H19N5OS/c1-21-5-7-22(8-6-21)17(23)18-16-14-3-2-12(10-15(14)19-20-16)13-4-9-24-11-13/h2-4,9-11H,5-8H2,1H3,(H2,18,19,20,23). The van der Waals surface area contributed by atoms with Crippen molar-refractivity contribution in [3.8, 4) is 11.1 Å². The number of hydrogen-bond acceptors (Lipinski definition) is 4. The van der Waals surface area contributed by atoms with Gasteiger partial charge in [-0.1, -0.05) is 6.07 Å². The number of hydrogen-bond donors (Lipinski definition) is 2. The fraction of sp³-hybridized carbons (Fsp3) is 0.294. The van der Waals surface area contributed by atoms with Gasteiger partial charge in [0.2, 0.25) is 0 Å². The average Bonchev–Trinajstić information content (AvgIpc) is 3.25. The molecule has 6 nitrogen and oxygen atoms in total. The number of carbonyl (C=O) groups is 1. The van der Waals surface area contributed by atoms with Crippen LogP contribution in [0.1, 0.15) is 0 Å². The molecule has 7 heteroatoms. The monoisotopic (exact) mass is 341 g/mol. The lowest BCUT2D eigenvalue weighted by molar-refractivity contribution is 0.164. The first-order valence-electron chi connectivity index (χ1n) is 7.96. The molecular weight excluding hydrogens is 322 g/mol. The SMILES string of the molecule is CN1CCN(C(=O)Nc2n[nH]c3cc(-c4ccsc4)ccc23)CC1. The third kappa shape index (κ3) is 2.88. The number of rotatable bonds is 2. The molecule has 0 unspecified atom stereocenters. The number of thiophene rings is 1. The van der Waals surface area contributed by atoms with Gasteiger partial charge in [0, 0.05) is 31.6 Å². The highest BCUT2D eigenvalue weighted by atomic mass is 32.1. The van der Waals surface area contributed by atoms with Gasteiger partial charge in [-0.2, -0.15) is 16.4 Å². The number of piperazine rings is 1. The van der Waals surface area contributed by atoms with E-state index >= 15 is 0 Å². The first kappa shape index (κ1) is 15.2. The summed E-state index contributed by atoms with van der Waals surface area (Å²) >= 11 is 1.68. The minimum Gasteiger partial charge on any atom is -0.322 e. The number of carbonyl (C=O) groups excluding carboxylic acids is 1. The summed E-state index contributed by atoms with van der Waals surface area (Å²) in [6.07, 6.45) is 0. The summed E-state index contributed by atoms with van der Waals surface area (Å²) in [5.41, 5.74) is 3.26. The van der Waals surface area contributed by atoms with E-state index in [0.717, 1.165) is 42.6 Å². The number of aromatic nitrogens is 2. The maximum absolute atomic E-state index is 12.4. The summed E-state index contributed by atoms with van der Waals surface area (Å²) in [5, 5.41) is 15.3. The van der Waals surface area contributed by atoms with Gasteiger partial charge >= 0.3 is 6.03 Å². The molecule has 1 saturated heterocycles. The van der Waals surface area contributed by atoms with Crippen molar-refractivity contribution in [2.75, 3.05) is 38.5 Å². The van der Waals surface area contributed by atoms with Crippen molar-refractivity contribution in [1.82, 2.24) is 20.0 Å². The Morgan fingerprint density at radius 1 is 1.21 bits per heavy atom. The van der Waals surface area contributed by atoms with E-state index in [1.54, 1.807) is 11.3 Å². The Balaban J connectivity index is 1.53. The molecule has 0 bridgehead atoms. The molecule has 4 rings (SSSR count). The molecule has 2 N–H and O–H groups in total. The molecule has 1 aromatic carbocycles. The Labute approximate surface area is 144 Å². The minimum atomic E-state index is -0.0848. The van der Waals surface area contributed by atoms with Crippen LogP contribution in [0.25, 0.3) is 22.0 Å². The molecule has 2 amide bonds. The molecule has 3 aromatic rings. The van der Waals surface area contributed by atoms with E-state index in [1.165, 1.54) is 5.56 Å². The third-order valence-corrected chi connectivity index (χ3v) is 5.12. The van der Waals surface area contributed by atoms with E-state index < -0.39 is 0 Å². The number of fused-ring (bicyclic) bond motifs is 1. The highest BCUT2D eigenvalue weighted by molar-refractivity contribution is 7.08. The normalized spacial score (nSPS) is 15.8. The zero-order valence-corrected chi connectivity index (χ0v) is 14.3. The van der Waals surface area contributed by atoms with Crippen LogP contribution in [0, 0.1) is 0 Å². The molecule has 124 valence electrons. The number of benzene rings is 1. The molecule has 0 saturated carbocycles. The predicted octanol–water partition coefficient (Wildman–Crippen LogP) is 3.07. The fourth-order valence-corrected chi connectivity index (χ4v) is 3.58. The third-order valence-electron chi connectivity index (χ3n) is 4.43. The van der Waals surface area contributed by atoms with Gasteiger partial charge < -0.3 is 9.80 Å². The molecule has 0 spiro atoms. The van der Waals surface area contributed by atoms with Crippen LogP contribution in [-0.4, -0.2) is 59.3 Å². The first-order chi connectivity index (χ1) is 11.7. The fourth-order valence-electron chi connectivity index (χ4n) is 2.91. The molecule has 0 radical (unpaired) electrons. The second-order valence-electron chi connectivity index (χ2n) is 6.07. The lowest BCUT2D eigenvalue weighted by atomic mass is 10.1. The summed E-state index contributed by atoms with van der Waals surface area (Å²) < 4.78 is 0. The van der Waals surface area contributed by atoms with Crippen LogP contribution in [0.15, 0.2) is 35.0 Å². The number of urea groups is 1. The maximum atomic E-state index is 12.4. The van der Waals surface area contributed by atoms with Gasteiger partial charge in [0.15, 0.2) is 5.82 Å². The van der Waals surface area contributed by atoms with E-state index in [-0.39, 0.29) is 6.03 Å². The topological polar surface area (TPSA) is 64.3 Å². The Morgan fingerprint density at radius 3 is 2.79 bits per heavy atom. The molecular formula is C17H19N5OS. The predicted molar refractivity (Wildman–Crippen MR) is 97.5 cm³/mol. The Morgan fingerprint density at radius 2 is 2.04 bits per heavy atom. The van der Waals surface area contributed by atoms with Gasteiger partial charge in [-0.15, -0.1) is 0 Å². The number of H-pyrrole nitrogens is 1. The lowest BCUT2D eigenvalue weighted by Crippen LogP contribution is -2.48. The largest absolute Gasteiger partial charge is 0.323 e. The number of likely N-dealkylation sites (N-methyl/N-ethyl adjacent to an activating group) is 1. The molecule has 3 heterocycles. The highest BCUT2D eigenvalue weighted by Crippen LogP contribution is 2.28. The van der Waals surface area contributed by atoms with Crippen LogP contribution in [0.4, 0.5) is 10.6 Å². The molecule has 1 fully saturated rings. The van der Waals surface area contributed by atoms with Crippen LogP contribution in [-0.2, 0) is 0 Å². The van der Waals surface area contributed by atoms with E-state index in [4.69, 9.17) is 0 Å². The number of amides is 2. The number of nitrogens with one attached hydrogen (secondary N) is 2. The van der Waals surface area contributed by atoms with E-state index in [1.807, 2.05) is 11.0 Å². The van der Waals surface area contributed by atoms with Crippen LogP contribution in [0.2, 0.25) is 0 Å². The first-order valence-corrected chi connectivity index (χ1v) is 8.90. The smallest absolute Gasteiger partial charge is 0.322 e. The van der Waals surface area contributed by atoms with Crippen molar-refractivity contribution in [2.45, 2.75) is 0 Å². The number of nitrogens with zero attached hydrogens (tertiary/aromatic N) is 3.